The molecule has 6 nitrogen and oxygen atoms in total. The zero-order valence-corrected chi connectivity index (χ0v) is 18.1. The number of aliphatic imine (C=N–C) groups is 1. The van der Waals surface area contributed by atoms with Crippen LogP contribution in [0.4, 0.5) is 0 Å². The molecule has 2 N–H and O–H groups in total. The highest BCUT2D eigenvalue weighted by Gasteiger charge is 2.08. The van der Waals surface area contributed by atoms with Crippen molar-refractivity contribution in [2.45, 2.75) is 26.9 Å². The van der Waals surface area contributed by atoms with Crippen LogP contribution >= 0.6 is 39.9 Å². The van der Waals surface area contributed by atoms with Crippen molar-refractivity contribution >= 4 is 45.9 Å². The summed E-state index contributed by atoms with van der Waals surface area (Å²) in [6.45, 7) is 4.89. The van der Waals surface area contributed by atoms with Crippen LogP contribution in [0.3, 0.4) is 0 Å². The third-order valence-corrected chi connectivity index (χ3v) is 3.89. The summed E-state index contributed by atoms with van der Waals surface area (Å²) in [6, 6.07) is 5.89. The van der Waals surface area contributed by atoms with Crippen LogP contribution in [0.25, 0.3) is 0 Å². The molecule has 0 spiro atoms. The Morgan fingerprint density at radius 3 is 2.58 bits per heavy atom. The lowest BCUT2D eigenvalue weighted by atomic mass is 10.2. The van der Waals surface area contributed by atoms with Gasteiger partial charge in [0.15, 0.2) is 5.96 Å². The van der Waals surface area contributed by atoms with Gasteiger partial charge in [0.1, 0.15) is 11.5 Å². The zero-order valence-electron chi connectivity index (χ0n) is 14.1. The van der Waals surface area contributed by atoms with Gasteiger partial charge in [-0.2, -0.15) is 0 Å². The van der Waals surface area contributed by atoms with Gasteiger partial charge in [-0.1, -0.05) is 15.9 Å². The standard InChI is InChI=1S/C16H21BrN4O2.HI/c1-10-11(2)23-15(21-10)9-20-16(18-3)19-8-12-7-13(17)5-6-14(12)22-4;/h5-7H,8-9H2,1-4H3,(H2,18,19,20);1H. The number of oxazole rings is 1. The van der Waals surface area contributed by atoms with Gasteiger partial charge in [0.2, 0.25) is 5.89 Å². The minimum absolute atomic E-state index is 0. The van der Waals surface area contributed by atoms with E-state index in [4.69, 9.17) is 9.15 Å². The van der Waals surface area contributed by atoms with E-state index < -0.39 is 0 Å². The van der Waals surface area contributed by atoms with Gasteiger partial charge in [-0.3, -0.25) is 4.99 Å². The smallest absolute Gasteiger partial charge is 0.214 e. The average molecular weight is 509 g/mol. The number of aromatic nitrogens is 1. The largest absolute Gasteiger partial charge is 0.496 e. The normalized spacial score (nSPS) is 11.0. The Kier molecular flexibility index (Phi) is 8.54. The molecule has 0 amide bonds. The van der Waals surface area contributed by atoms with Gasteiger partial charge in [0, 0.05) is 23.6 Å². The number of rotatable bonds is 5. The fourth-order valence-electron chi connectivity index (χ4n) is 2.06. The first-order valence-corrected chi connectivity index (χ1v) is 8.02. The maximum absolute atomic E-state index is 5.54. The summed E-state index contributed by atoms with van der Waals surface area (Å²) in [6.07, 6.45) is 0. The second-order valence-electron chi connectivity index (χ2n) is 4.98. The highest BCUT2D eigenvalue weighted by molar-refractivity contribution is 14.0. The molecule has 0 atom stereocenters. The Hall–Kier alpha value is -1.29. The van der Waals surface area contributed by atoms with Gasteiger partial charge in [-0.05, 0) is 32.0 Å². The first kappa shape index (κ1) is 20.8. The third kappa shape index (κ3) is 5.66. The molecule has 0 saturated heterocycles. The minimum Gasteiger partial charge on any atom is -0.496 e. The summed E-state index contributed by atoms with van der Waals surface area (Å²) in [5, 5.41) is 6.43. The lowest BCUT2D eigenvalue weighted by Crippen LogP contribution is -2.36. The molecule has 0 aliphatic rings. The maximum Gasteiger partial charge on any atom is 0.214 e. The van der Waals surface area contributed by atoms with E-state index in [1.165, 1.54) is 0 Å². The van der Waals surface area contributed by atoms with Gasteiger partial charge >= 0.3 is 0 Å². The number of aryl methyl sites for hydroxylation is 2. The number of hydrogen-bond acceptors (Lipinski definition) is 4. The zero-order chi connectivity index (χ0) is 16.8. The molecular formula is C16H22BrIN4O2. The molecule has 1 aromatic carbocycles. The summed E-state index contributed by atoms with van der Waals surface area (Å²) in [4.78, 5) is 8.53. The molecule has 1 aromatic heterocycles. The number of nitrogens with one attached hydrogen (secondary N) is 2. The van der Waals surface area contributed by atoms with Crippen LogP contribution < -0.4 is 15.4 Å². The summed E-state index contributed by atoms with van der Waals surface area (Å²) >= 11 is 3.47. The number of benzene rings is 1. The first-order chi connectivity index (χ1) is 11.0. The van der Waals surface area contributed by atoms with Gasteiger partial charge < -0.3 is 19.8 Å². The highest BCUT2D eigenvalue weighted by atomic mass is 127. The number of ether oxygens (including phenoxy) is 1. The highest BCUT2D eigenvalue weighted by Crippen LogP contribution is 2.22. The summed E-state index contributed by atoms with van der Waals surface area (Å²) < 4.78 is 11.9. The van der Waals surface area contributed by atoms with Crippen LogP contribution in [-0.4, -0.2) is 25.1 Å². The molecule has 132 valence electrons. The molecule has 0 unspecified atom stereocenters. The predicted molar refractivity (Wildman–Crippen MR) is 109 cm³/mol. The van der Waals surface area contributed by atoms with Crippen LogP contribution in [0.2, 0.25) is 0 Å². The van der Waals surface area contributed by atoms with Crippen LogP contribution in [0.5, 0.6) is 5.75 Å². The molecule has 2 rings (SSSR count). The van der Waals surface area contributed by atoms with Crippen LogP contribution in [0.15, 0.2) is 32.1 Å². The van der Waals surface area contributed by atoms with E-state index in [1.54, 1.807) is 14.2 Å². The molecule has 0 saturated carbocycles. The van der Waals surface area contributed by atoms with E-state index in [2.05, 4.69) is 36.5 Å². The number of nitrogens with zero attached hydrogens (tertiary/aromatic N) is 2. The molecule has 1 heterocycles. The first-order valence-electron chi connectivity index (χ1n) is 7.23. The van der Waals surface area contributed by atoms with Crippen molar-refractivity contribution in [2.75, 3.05) is 14.2 Å². The summed E-state index contributed by atoms with van der Waals surface area (Å²) in [7, 11) is 3.38. The Bertz CT molecular complexity index is 684. The van der Waals surface area contributed by atoms with Gasteiger partial charge in [-0.15, -0.1) is 24.0 Å². The summed E-state index contributed by atoms with van der Waals surface area (Å²) in [5.74, 6) is 2.97. The van der Waals surface area contributed by atoms with Crippen molar-refractivity contribution in [3.63, 3.8) is 0 Å². The SMILES string of the molecule is CN=C(NCc1nc(C)c(C)o1)NCc1cc(Br)ccc1OC.I. The molecule has 0 aliphatic heterocycles. The molecule has 0 bridgehead atoms. The van der Waals surface area contributed by atoms with Crippen molar-refractivity contribution in [3.05, 3.63) is 45.6 Å². The van der Waals surface area contributed by atoms with E-state index in [0.717, 1.165) is 27.2 Å². The topological polar surface area (TPSA) is 71.7 Å². The van der Waals surface area contributed by atoms with Gasteiger partial charge in [0.05, 0.1) is 19.3 Å². The van der Waals surface area contributed by atoms with Crippen LogP contribution in [0, 0.1) is 13.8 Å². The Labute approximate surface area is 167 Å². The van der Waals surface area contributed by atoms with Gasteiger partial charge in [-0.25, -0.2) is 4.98 Å². The number of methoxy groups -OCH3 is 1. The predicted octanol–water partition coefficient (Wildman–Crippen LogP) is 3.55. The molecule has 8 heteroatoms. The van der Waals surface area contributed by atoms with E-state index in [-0.39, 0.29) is 24.0 Å². The lowest BCUT2D eigenvalue weighted by molar-refractivity contribution is 0.409. The fraction of sp³-hybridized carbons (Fsp3) is 0.375. The van der Waals surface area contributed by atoms with E-state index in [1.807, 2.05) is 32.0 Å². The molecule has 2 aromatic rings. The van der Waals surface area contributed by atoms with Crippen molar-refractivity contribution in [1.29, 1.82) is 0 Å². The van der Waals surface area contributed by atoms with Crippen molar-refractivity contribution < 1.29 is 9.15 Å². The Morgan fingerprint density at radius 1 is 1.29 bits per heavy atom. The molecule has 0 aliphatic carbocycles. The monoisotopic (exact) mass is 508 g/mol. The van der Waals surface area contributed by atoms with Crippen LogP contribution in [-0.2, 0) is 13.1 Å². The lowest BCUT2D eigenvalue weighted by Gasteiger charge is -2.13. The van der Waals surface area contributed by atoms with E-state index in [9.17, 15) is 0 Å². The molecule has 0 fully saturated rings. The second-order valence-corrected chi connectivity index (χ2v) is 5.90. The van der Waals surface area contributed by atoms with Crippen molar-refractivity contribution in [2.24, 2.45) is 4.99 Å². The summed E-state index contributed by atoms with van der Waals surface area (Å²) in [5.41, 5.74) is 1.94. The van der Waals surface area contributed by atoms with Crippen molar-refractivity contribution in [1.82, 2.24) is 15.6 Å². The van der Waals surface area contributed by atoms with E-state index in [0.29, 0.717) is 24.9 Å². The number of guanidine groups is 1. The van der Waals surface area contributed by atoms with Gasteiger partial charge in [0.25, 0.3) is 0 Å². The fourth-order valence-corrected chi connectivity index (χ4v) is 2.47. The maximum atomic E-state index is 5.54. The quantitative estimate of drug-likeness (QED) is 0.367. The average Bonchev–Trinajstić information content (AvgIpc) is 2.86. The molecular weight excluding hydrogens is 487 g/mol. The number of halogens is 2. The minimum atomic E-state index is 0. The Balaban J connectivity index is 0.00000288. The molecule has 0 radical (unpaired) electrons. The number of hydrogen-bond donors (Lipinski definition) is 2. The third-order valence-electron chi connectivity index (χ3n) is 3.39. The van der Waals surface area contributed by atoms with Crippen molar-refractivity contribution in [3.8, 4) is 5.75 Å². The second kappa shape index (κ2) is 9.87. The Morgan fingerprint density at radius 2 is 2.00 bits per heavy atom. The molecule has 24 heavy (non-hydrogen) atoms. The van der Waals surface area contributed by atoms with Crippen LogP contribution in [0.1, 0.15) is 22.9 Å². The van der Waals surface area contributed by atoms with E-state index >= 15 is 0 Å².